The van der Waals surface area contributed by atoms with Crippen LogP contribution < -0.4 is 16.0 Å². The Hall–Kier alpha value is -1.30. The lowest BCUT2D eigenvalue weighted by atomic mass is 9.83. The smallest absolute Gasteiger partial charge is 0.223 e. The molecule has 0 radical (unpaired) electrons. The molecular weight excluding hydrogens is 314 g/mol. The Morgan fingerprint density at radius 1 is 1.04 bits per heavy atom. The van der Waals surface area contributed by atoms with Crippen LogP contribution in [0.5, 0.6) is 0 Å². The van der Waals surface area contributed by atoms with Gasteiger partial charge in [-0.3, -0.25) is 9.79 Å². The first-order valence-electron chi connectivity index (χ1n) is 10.1. The third-order valence-corrected chi connectivity index (χ3v) is 5.30. The molecule has 6 heteroatoms. The first-order valence-corrected chi connectivity index (χ1v) is 10.1. The van der Waals surface area contributed by atoms with Gasteiger partial charge in [0.05, 0.1) is 6.54 Å². The zero-order valence-electron chi connectivity index (χ0n) is 16.3. The number of hydrogen-bond donors (Lipinski definition) is 3. The highest BCUT2D eigenvalue weighted by molar-refractivity contribution is 5.81. The third-order valence-electron chi connectivity index (χ3n) is 5.30. The number of hydrogen-bond acceptors (Lipinski definition) is 3. The molecule has 2 aliphatic rings. The fourth-order valence-electron chi connectivity index (χ4n) is 3.64. The first kappa shape index (κ1) is 20.0. The molecule has 1 unspecified atom stereocenters. The van der Waals surface area contributed by atoms with Gasteiger partial charge in [0.2, 0.25) is 5.91 Å². The average molecular weight is 352 g/mol. The van der Waals surface area contributed by atoms with E-state index in [2.05, 4.69) is 41.9 Å². The molecule has 0 aromatic carbocycles. The number of guanidine groups is 1. The maximum Gasteiger partial charge on any atom is 0.223 e. The Kier molecular flexibility index (Phi) is 8.52. The van der Waals surface area contributed by atoms with Crippen LogP contribution >= 0.6 is 0 Å². The number of rotatable bonds is 9. The van der Waals surface area contributed by atoms with E-state index in [1.165, 1.54) is 32.1 Å². The van der Waals surface area contributed by atoms with Crippen molar-refractivity contribution in [1.82, 2.24) is 20.9 Å². The Morgan fingerprint density at radius 3 is 2.32 bits per heavy atom. The van der Waals surface area contributed by atoms with E-state index in [0.717, 1.165) is 37.8 Å². The lowest BCUT2D eigenvalue weighted by molar-refractivity contribution is -0.122. The zero-order valence-corrected chi connectivity index (χ0v) is 16.3. The van der Waals surface area contributed by atoms with Gasteiger partial charge in [-0.25, -0.2) is 0 Å². The van der Waals surface area contributed by atoms with Crippen LogP contribution in [0.3, 0.4) is 0 Å². The zero-order chi connectivity index (χ0) is 18.1. The molecule has 1 amide bonds. The molecule has 1 atom stereocenters. The summed E-state index contributed by atoms with van der Waals surface area (Å²) < 4.78 is 0. The molecule has 3 N–H and O–H groups in total. The van der Waals surface area contributed by atoms with Gasteiger partial charge < -0.3 is 20.9 Å². The average Bonchev–Trinajstić information content (AvgIpc) is 3.44. The van der Waals surface area contributed by atoms with Gasteiger partial charge in [0.1, 0.15) is 0 Å². The summed E-state index contributed by atoms with van der Waals surface area (Å²) in [5, 5.41) is 9.63. The predicted molar refractivity (Wildman–Crippen MR) is 104 cm³/mol. The van der Waals surface area contributed by atoms with Crippen molar-refractivity contribution < 1.29 is 4.79 Å². The van der Waals surface area contributed by atoms with Crippen LogP contribution in [0.1, 0.15) is 51.9 Å². The van der Waals surface area contributed by atoms with E-state index in [-0.39, 0.29) is 11.8 Å². The molecule has 0 aromatic rings. The van der Waals surface area contributed by atoms with Crippen LogP contribution in [0.25, 0.3) is 0 Å². The standard InChI is InChI=1S/C19H37N5O/c1-4-20-19(22-13-12-21-18(25)16-10-11-16)23-14-17(24(2)3)15-8-6-5-7-9-15/h15-17H,4-14H2,1-3H3,(H,21,25)(H2,20,22,23). The topological polar surface area (TPSA) is 68.8 Å². The van der Waals surface area contributed by atoms with Crippen LogP contribution in [0.2, 0.25) is 0 Å². The number of amides is 1. The summed E-state index contributed by atoms with van der Waals surface area (Å²) in [6.45, 7) is 5.11. The van der Waals surface area contributed by atoms with Crippen LogP contribution in [0, 0.1) is 11.8 Å². The summed E-state index contributed by atoms with van der Waals surface area (Å²) in [7, 11) is 4.34. The number of carbonyl (C=O) groups is 1. The summed E-state index contributed by atoms with van der Waals surface area (Å²) in [5.74, 6) is 2.09. The Balaban J connectivity index is 1.77. The van der Waals surface area contributed by atoms with Crippen molar-refractivity contribution >= 4 is 11.9 Å². The van der Waals surface area contributed by atoms with Crippen molar-refractivity contribution in [3.63, 3.8) is 0 Å². The van der Waals surface area contributed by atoms with Crippen molar-refractivity contribution in [2.45, 2.75) is 57.9 Å². The Morgan fingerprint density at radius 2 is 1.72 bits per heavy atom. The Bertz CT molecular complexity index is 428. The monoisotopic (exact) mass is 351 g/mol. The van der Waals surface area contributed by atoms with Crippen molar-refractivity contribution in [3.05, 3.63) is 0 Å². The minimum atomic E-state index is 0.203. The summed E-state index contributed by atoms with van der Waals surface area (Å²) in [6.07, 6.45) is 8.87. The van der Waals surface area contributed by atoms with Crippen molar-refractivity contribution in [2.75, 3.05) is 40.3 Å². The van der Waals surface area contributed by atoms with E-state index in [0.29, 0.717) is 19.1 Å². The molecule has 0 saturated heterocycles. The highest BCUT2D eigenvalue weighted by Gasteiger charge is 2.29. The van der Waals surface area contributed by atoms with E-state index in [9.17, 15) is 4.79 Å². The van der Waals surface area contributed by atoms with Gasteiger partial charge in [0, 0.05) is 31.6 Å². The van der Waals surface area contributed by atoms with Gasteiger partial charge >= 0.3 is 0 Å². The molecule has 6 nitrogen and oxygen atoms in total. The molecule has 25 heavy (non-hydrogen) atoms. The summed E-state index contributed by atoms with van der Waals surface area (Å²) in [4.78, 5) is 18.8. The number of nitrogens with zero attached hydrogens (tertiary/aromatic N) is 2. The third kappa shape index (κ3) is 7.22. The maximum atomic E-state index is 11.7. The van der Waals surface area contributed by atoms with E-state index < -0.39 is 0 Å². The molecule has 0 spiro atoms. The van der Waals surface area contributed by atoms with Gasteiger partial charge in [-0.15, -0.1) is 0 Å². The van der Waals surface area contributed by atoms with E-state index in [1.807, 2.05) is 0 Å². The minimum absolute atomic E-state index is 0.203. The predicted octanol–water partition coefficient (Wildman–Crippen LogP) is 1.58. The lowest BCUT2D eigenvalue weighted by Crippen LogP contribution is -2.44. The normalized spacial score (nSPS) is 20.4. The largest absolute Gasteiger partial charge is 0.357 e. The molecular formula is C19H37N5O. The minimum Gasteiger partial charge on any atom is -0.357 e. The molecule has 0 aliphatic heterocycles. The van der Waals surface area contributed by atoms with Crippen LogP contribution in [0.4, 0.5) is 0 Å². The van der Waals surface area contributed by atoms with Crippen molar-refractivity contribution in [2.24, 2.45) is 16.8 Å². The fourth-order valence-corrected chi connectivity index (χ4v) is 3.64. The van der Waals surface area contributed by atoms with Gasteiger partial charge in [0.15, 0.2) is 5.96 Å². The summed E-state index contributed by atoms with van der Waals surface area (Å²) in [6, 6.07) is 0.505. The first-order chi connectivity index (χ1) is 12.1. The molecule has 0 aromatic heterocycles. The molecule has 2 saturated carbocycles. The van der Waals surface area contributed by atoms with Crippen LogP contribution in [-0.2, 0) is 4.79 Å². The van der Waals surface area contributed by atoms with Crippen LogP contribution in [0.15, 0.2) is 4.99 Å². The quantitative estimate of drug-likeness (QED) is 0.335. The van der Waals surface area contributed by atoms with Gasteiger partial charge in [-0.05, 0) is 52.6 Å². The lowest BCUT2D eigenvalue weighted by Gasteiger charge is -2.34. The number of likely N-dealkylation sites (N-methyl/N-ethyl adjacent to an activating group) is 1. The molecule has 2 rings (SSSR count). The molecule has 2 fully saturated rings. The maximum absolute atomic E-state index is 11.7. The highest BCUT2D eigenvalue weighted by atomic mass is 16.2. The SMILES string of the molecule is CCNC(=NCC(C1CCCCC1)N(C)C)NCCNC(=O)C1CC1. The molecule has 0 bridgehead atoms. The number of nitrogens with one attached hydrogen (secondary N) is 3. The number of aliphatic imine (C=N–C) groups is 1. The summed E-state index contributed by atoms with van der Waals surface area (Å²) >= 11 is 0. The molecule has 2 aliphatic carbocycles. The van der Waals surface area contributed by atoms with Gasteiger partial charge in [-0.2, -0.15) is 0 Å². The van der Waals surface area contributed by atoms with Crippen molar-refractivity contribution in [3.8, 4) is 0 Å². The van der Waals surface area contributed by atoms with Crippen LogP contribution in [-0.4, -0.2) is 63.1 Å². The fraction of sp³-hybridized carbons (Fsp3) is 0.895. The van der Waals surface area contributed by atoms with E-state index in [1.54, 1.807) is 0 Å². The molecule has 144 valence electrons. The van der Waals surface area contributed by atoms with Gasteiger partial charge in [-0.1, -0.05) is 19.3 Å². The molecule has 0 heterocycles. The number of carbonyl (C=O) groups excluding carboxylic acids is 1. The summed E-state index contributed by atoms with van der Waals surface area (Å²) in [5.41, 5.74) is 0. The van der Waals surface area contributed by atoms with E-state index in [4.69, 9.17) is 4.99 Å². The Labute approximate surface area is 153 Å². The van der Waals surface area contributed by atoms with E-state index >= 15 is 0 Å². The second-order valence-electron chi connectivity index (χ2n) is 7.64. The second-order valence-corrected chi connectivity index (χ2v) is 7.64. The highest BCUT2D eigenvalue weighted by Crippen LogP contribution is 2.29. The second kappa shape index (κ2) is 10.6. The van der Waals surface area contributed by atoms with Gasteiger partial charge in [0.25, 0.3) is 0 Å². The van der Waals surface area contributed by atoms with Crippen molar-refractivity contribution in [1.29, 1.82) is 0 Å².